The zero-order valence-corrected chi connectivity index (χ0v) is 16.4. The molecule has 1 unspecified atom stereocenters. The summed E-state index contributed by atoms with van der Waals surface area (Å²) < 4.78 is 10.4. The minimum Gasteiger partial charge on any atom is -0.507 e. The summed E-state index contributed by atoms with van der Waals surface area (Å²) in [6.45, 7) is 6.08. The fourth-order valence-electron chi connectivity index (χ4n) is 2.66. The van der Waals surface area contributed by atoms with Crippen LogP contribution in [0, 0.1) is 0 Å². The van der Waals surface area contributed by atoms with Gasteiger partial charge >= 0.3 is 0 Å². The zero-order chi connectivity index (χ0) is 20.0. The molecule has 0 aromatic heterocycles. The van der Waals surface area contributed by atoms with Gasteiger partial charge in [-0.1, -0.05) is 0 Å². The molecule has 0 aliphatic rings. The first kappa shape index (κ1) is 20.3. The first-order valence-electron chi connectivity index (χ1n) is 8.66. The molecule has 0 radical (unpaired) electrons. The van der Waals surface area contributed by atoms with E-state index in [0.29, 0.717) is 40.6 Å². The van der Waals surface area contributed by atoms with Crippen molar-refractivity contribution in [1.82, 2.24) is 0 Å². The average molecular weight is 370 g/mol. The average Bonchev–Trinajstić information content (AvgIpc) is 2.66. The second-order valence-corrected chi connectivity index (χ2v) is 6.26. The monoisotopic (exact) mass is 370 g/mol. The van der Waals surface area contributed by atoms with Gasteiger partial charge in [0, 0.05) is 22.6 Å². The van der Waals surface area contributed by atoms with Gasteiger partial charge < -0.3 is 19.7 Å². The lowest BCUT2D eigenvalue weighted by molar-refractivity contribution is 0.412. The Balaban J connectivity index is 2.16. The maximum absolute atomic E-state index is 10.1. The standard InChI is InChI=1S/C21H26N2O4/c1-13(23-15(3)19-11-17(27-5)7-9-21(19)25)12-22-14(2)18-10-16(26-4)6-8-20(18)24/h6-11,13,24-25H,12H2,1-5H3. The van der Waals surface area contributed by atoms with E-state index in [1.807, 2.05) is 20.8 Å². The normalized spacial score (nSPS) is 13.4. The lowest BCUT2D eigenvalue weighted by atomic mass is 10.1. The molecule has 2 N–H and O–H groups in total. The molecular formula is C21H26N2O4. The maximum Gasteiger partial charge on any atom is 0.124 e. The number of ether oxygens (including phenoxy) is 2. The van der Waals surface area contributed by atoms with Gasteiger partial charge in [-0.3, -0.25) is 9.98 Å². The molecule has 1 atom stereocenters. The largest absolute Gasteiger partial charge is 0.507 e. The van der Waals surface area contributed by atoms with Crippen LogP contribution in [0.3, 0.4) is 0 Å². The van der Waals surface area contributed by atoms with E-state index in [4.69, 9.17) is 9.47 Å². The molecule has 0 bridgehead atoms. The lowest BCUT2D eigenvalue weighted by Crippen LogP contribution is -2.10. The number of benzene rings is 2. The Bertz CT molecular complexity index is 859. The molecule has 0 spiro atoms. The van der Waals surface area contributed by atoms with Crippen LogP contribution < -0.4 is 9.47 Å². The smallest absolute Gasteiger partial charge is 0.124 e. The fourth-order valence-corrected chi connectivity index (χ4v) is 2.66. The summed E-state index contributed by atoms with van der Waals surface area (Å²) >= 11 is 0. The van der Waals surface area contributed by atoms with Crippen molar-refractivity contribution in [3.63, 3.8) is 0 Å². The second kappa shape index (κ2) is 9.07. The first-order chi connectivity index (χ1) is 12.8. The van der Waals surface area contributed by atoms with Gasteiger partial charge in [0.2, 0.25) is 0 Å². The number of nitrogens with zero attached hydrogens (tertiary/aromatic N) is 2. The quantitative estimate of drug-likeness (QED) is 0.726. The number of methoxy groups -OCH3 is 2. The van der Waals surface area contributed by atoms with Crippen molar-refractivity contribution >= 4 is 11.4 Å². The summed E-state index contributed by atoms with van der Waals surface area (Å²) in [5.74, 6) is 1.64. The highest BCUT2D eigenvalue weighted by Gasteiger charge is 2.10. The molecule has 144 valence electrons. The number of hydrogen-bond acceptors (Lipinski definition) is 6. The van der Waals surface area contributed by atoms with Crippen LogP contribution in [0.25, 0.3) is 0 Å². The van der Waals surface area contributed by atoms with Crippen molar-refractivity contribution in [1.29, 1.82) is 0 Å². The van der Waals surface area contributed by atoms with E-state index in [9.17, 15) is 10.2 Å². The van der Waals surface area contributed by atoms with Crippen LogP contribution in [0.5, 0.6) is 23.0 Å². The predicted molar refractivity (Wildman–Crippen MR) is 108 cm³/mol. The molecule has 2 aromatic rings. The van der Waals surface area contributed by atoms with Crippen LogP contribution in [-0.4, -0.2) is 48.4 Å². The van der Waals surface area contributed by atoms with E-state index in [1.54, 1.807) is 50.6 Å². The van der Waals surface area contributed by atoms with Crippen molar-refractivity contribution in [3.8, 4) is 23.0 Å². The molecule has 0 heterocycles. The molecule has 6 heteroatoms. The fraction of sp³-hybridized carbons (Fsp3) is 0.333. The van der Waals surface area contributed by atoms with Gasteiger partial charge in [0.05, 0.1) is 26.8 Å². The summed E-state index contributed by atoms with van der Waals surface area (Å²) in [5, 5.41) is 20.1. The molecule has 0 aliphatic heterocycles. The summed E-state index contributed by atoms with van der Waals surface area (Å²) in [7, 11) is 3.16. The first-order valence-corrected chi connectivity index (χ1v) is 8.66. The molecule has 0 saturated heterocycles. The van der Waals surface area contributed by atoms with Crippen LogP contribution in [0.15, 0.2) is 46.4 Å². The third kappa shape index (κ3) is 5.23. The van der Waals surface area contributed by atoms with Crippen LogP contribution in [0.4, 0.5) is 0 Å². The second-order valence-electron chi connectivity index (χ2n) is 6.26. The van der Waals surface area contributed by atoms with E-state index >= 15 is 0 Å². The van der Waals surface area contributed by atoms with Crippen molar-refractivity contribution in [2.24, 2.45) is 9.98 Å². The lowest BCUT2D eigenvalue weighted by Gasteiger charge is -2.11. The van der Waals surface area contributed by atoms with Gasteiger partial charge in [-0.25, -0.2) is 0 Å². The van der Waals surface area contributed by atoms with Crippen molar-refractivity contribution in [2.75, 3.05) is 20.8 Å². The number of phenolic OH excluding ortho intramolecular Hbond substituents is 2. The maximum atomic E-state index is 10.1. The summed E-state index contributed by atoms with van der Waals surface area (Å²) in [6, 6.07) is 9.98. The Kier molecular flexibility index (Phi) is 6.82. The summed E-state index contributed by atoms with van der Waals surface area (Å²) in [6.07, 6.45) is 0. The highest BCUT2D eigenvalue weighted by molar-refractivity contribution is 6.02. The van der Waals surface area contributed by atoms with E-state index in [1.165, 1.54) is 0 Å². The van der Waals surface area contributed by atoms with Crippen LogP contribution >= 0.6 is 0 Å². The SMILES string of the molecule is COc1ccc(O)c(C(C)=NCC(C)N=C(C)c2cc(OC)ccc2O)c1. The minimum absolute atomic E-state index is 0.0988. The number of phenols is 2. The van der Waals surface area contributed by atoms with Crippen LogP contribution in [0.2, 0.25) is 0 Å². The molecule has 0 aliphatic carbocycles. The number of aliphatic imine (C=N–C) groups is 2. The Morgan fingerprint density at radius 2 is 1.37 bits per heavy atom. The summed E-state index contributed by atoms with van der Waals surface area (Å²) in [4.78, 5) is 9.15. The van der Waals surface area contributed by atoms with Gasteiger partial charge in [0.15, 0.2) is 0 Å². The Morgan fingerprint density at radius 3 is 1.85 bits per heavy atom. The molecule has 2 rings (SSSR count). The highest BCUT2D eigenvalue weighted by Crippen LogP contribution is 2.25. The Hall–Kier alpha value is -3.02. The van der Waals surface area contributed by atoms with E-state index in [-0.39, 0.29) is 17.5 Å². The molecule has 6 nitrogen and oxygen atoms in total. The number of aromatic hydroxyl groups is 2. The van der Waals surface area contributed by atoms with E-state index < -0.39 is 0 Å². The van der Waals surface area contributed by atoms with Crippen molar-refractivity contribution < 1.29 is 19.7 Å². The molecule has 0 saturated carbocycles. The van der Waals surface area contributed by atoms with Crippen molar-refractivity contribution in [3.05, 3.63) is 47.5 Å². The van der Waals surface area contributed by atoms with Gasteiger partial charge in [-0.2, -0.15) is 0 Å². The van der Waals surface area contributed by atoms with Gasteiger partial charge in [0.25, 0.3) is 0 Å². The van der Waals surface area contributed by atoms with E-state index in [0.717, 1.165) is 0 Å². The highest BCUT2D eigenvalue weighted by atomic mass is 16.5. The third-order valence-electron chi connectivity index (χ3n) is 4.19. The molecule has 0 amide bonds. The van der Waals surface area contributed by atoms with Gasteiger partial charge in [-0.05, 0) is 57.2 Å². The van der Waals surface area contributed by atoms with E-state index in [2.05, 4.69) is 9.98 Å². The Morgan fingerprint density at radius 1 is 0.889 bits per heavy atom. The Labute approximate surface area is 159 Å². The molecule has 2 aromatic carbocycles. The third-order valence-corrected chi connectivity index (χ3v) is 4.19. The van der Waals surface area contributed by atoms with Gasteiger partial charge in [-0.15, -0.1) is 0 Å². The predicted octanol–water partition coefficient (Wildman–Crippen LogP) is 3.82. The summed E-state index contributed by atoms with van der Waals surface area (Å²) in [5.41, 5.74) is 2.67. The minimum atomic E-state index is -0.0988. The molecule has 27 heavy (non-hydrogen) atoms. The zero-order valence-electron chi connectivity index (χ0n) is 16.4. The van der Waals surface area contributed by atoms with Gasteiger partial charge in [0.1, 0.15) is 23.0 Å². The molecule has 0 fully saturated rings. The number of hydrogen-bond donors (Lipinski definition) is 2. The van der Waals surface area contributed by atoms with Crippen LogP contribution in [-0.2, 0) is 0 Å². The number of rotatable bonds is 7. The van der Waals surface area contributed by atoms with Crippen molar-refractivity contribution in [2.45, 2.75) is 26.8 Å². The molecular weight excluding hydrogens is 344 g/mol. The van der Waals surface area contributed by atoms with Crippen LogP contribution in [0.1, 0.15) is 31.9 Å². The topological polar surface area (TPSA) is 83.6 Å².